The smallest absolute Gasteiger partial charge is 0.213 e. The first kappa shape index (κ1) is 12.0. The largest absolute Gasteiger partial charge is 0.491 e. The maximum atomic E-state index is 11.0. The van der Waals surface area contributed by atoms with Gasteiger partial charge in [0.1, 0.15) is 5.75 Å². The second-order valence-corrected chi connectivity index (χ2v) is 5.20. The van der Waals surface area contributed by atoms with Crippen LogP contribution in [0, 0.1) is 0 Å². The first-order valence-corrected chi connectivity index (χ1v) is 6.35. The third-order valence-electron chi connectivity index (χ3n) is 1.69. The molecule has 1 aromatic carbocycles. The third kappa shape index (κ3) is 4.31. The van der Waals surface area contributed by atoms with Gasteiger partial charge in [-0.3, -0.25) is 0 Å². The molecule has 0 fully saturated rings. The van der Waals surface area contributed by atoms with Crippen LogP contribution in [0.25, 0.3) is 0 Å². The number of primary sulfonamides is 1. The van der Waals surface area contributed by atoms with Crippen molar-refractivity contribution in [2.24, 2.45) is 5.14 Å². The van der Waals surface area contributed by atoms with E-state index >= 15 is 0 Å². The van der Waals surface area contributed by atoms with E-state index in [-0.39, 0.29) is 11.9 Å². The fourth-order valence-electron chi connectivity index (χ4n) is 1.21. The molecule has 0 atom stereocenters. The Hall–Kier alpha value is -1.07. The second-order valence-electron chi connectivity index (χ2n) is 3.58. The third-order valence-corrected chi connectivity index (χ3v) is 2.41. The van der Waals surface area contributed by atoms with Gasteiger partial charge >= 0.3 is 0 Å². The fourth-order valence-corrected chi connectivity index (χ4v) is 1.88. The minimum absolute atomic E-state index is 0.00614. The van der Waals surface area contributed by atoms with Crippen LogP contribution in [0.2, 0.25) is 0 Å². The summed E-state index contributed by atoms with van der Waals surface area (Å²) in [6, 6.07) is 6.99. The van der Waals surface area contributed by atoms with Crippen LogP contribution in [0.5, 0.6) is 5.75 Å². The van der Waals surface area contributed by atoms with Crippen molar-refractivity contribution >= 4 is 10.0 Å². The number of hydrogen-bond acceptors (Lipinski definition) is 3. The van der Waals surface area contributed by atoms with Crippen molar-refractivity contribution in [2.75, 3.05) is 0 Å². The van der Waals surface area contributed by atoms with Crippen LogP contribution in [-0.4, -0.2) is 14.5 Å². The second kappa shape index (κ2) is 4.63. The van der Waals surface area contributed by atoms with E-state index in [0.717, 1.165) is 0 Å². The lowest BCUT2D eigenvalue weighted by molar-refractivity contribution is 0.240. The zero-order chi connectivity index (χ0) is 11.5. The molecule has 4 nitrogen and oxygen atoms in total. The molecule has 0 unspecified atom stereocenters. The van der Waals surface area contributed by atoms with Gasteiger partial charge in [0.25, 0.3) is 0 Å². The molecule has 0 spiro atoms. The standard InChI is InChI=1S/C10H15NO3S/c1-8(2)14-10-6-4-3-5-9(10)7-15(11,12)13/h3-6,8H,7H2,1-2H3,(H2,11,12,13). The Labute approximate surface area is 90.1 Å². The highest BCUT2D eigenvalue weighted by molar-refractivity contribution is 7.88. The minimum Gasteiger partial charge on any atom is -0.491 e. The molecule has 0 aliphatic carbocycles. The average molecular weight is 229 g/mol. The topological polar surface area (TPSA) is 69.4 Å². The lowest BCUT2D eigenvalue weighted by Crippen LogP contribution is -2.16. The quantitative estimate of drug-likeness (QED) is 0.845. The van der Waals surface area contributed by atoms with E-state index in [2.05, 4.69) is 0 Å². The summed E-state index contributed by atoms with van der Waals surface area (Å²) in [5.41, 5.74) is 0.591. The Bertz CT molecular complexity index is 426. The number of benzene rings is 1. The Balaban J connectivity index is 2.96. The maximum Gasteiger partial charge on any atom is 0.213 e. The van der Waals surface area contributed by atoms with Gasteiger partial charge in [-0.1, -0.05) is 18.2 Å². The molecule has 0 aliphatic heterocycles. The normalized spacial score (nSPS) is 11.7. The van der Waals surface area contributed by atoms with Crippen molar-refractivity contribution in [1.82, 2.24) is 0 Å². The Morgan fingerprint density at radius 1 is 1.33 bits per heavy atom. The number of para-hydroxylation sites is 1. The SMILES string of the molecule is CC(C)Oc1ccccc1CS(N)(=O)=O. The van der Waals surface area contributed by atoms with Gasteiger partial charge in [-0.15, -0.1) is 0 Å². The predicted octanol–water partition coefficient (Wildman–Crippen LogP) is 1.26. The molecule has 84 valence electrons. The van der Waals surface area contributed by atoms with Gasteiger partial charge in [-0.25, -0.2) is 13.6 Å². The lowest BCUT2D eigenvalue weighted by atomic mass is 10.2. The van der Waals surface area contributed by atoms with Crippen LogP contribution in [0.4, 0.5) is 0 Å². The van der Waals surface area contributed by atoms with Crippen molar-refractivity contribution < 1.29 is 13.2 Å². The lowest BCUT2D eigenvalue weighted by Gasteiger charge is -2.13. The summed E-state index contributed by atoms with van der Waals surface area (Å²) in [6.07, 6.45) is 0.00614. The van der Waals surface area contributed by atoms with Crippen molar-refractivity contribution in [2.45, 2.75) is 25.7 Å². The Morgan fingerprint density at radius 3 is 2.47 bits per heavy atom. The van der Waals surface area contributed by atoms with E-state index in [0.29, 0.717) is 11.3 Å². The van der Waals surface area contributed by atoms with Crippen LogP contribution >= 0.6 is 0 Å². The molecule has 1 aromatic rings. The molecule has 2 N–H and O–H groups in total. The van der Waals surface area contributed by atoms with Gasteiger partial charge in [-0.05, 0) is 19.9 Å². The van der Waals surface area contributed by atoms with Gasteiger partial charge in [0, 0.05) is 5.56 Å². The molecule has 0 aromatic heterocycles. The molecule has 0 bridgehead atoms. The number of ether oxygens (including phenoxy) is 1. The Morgan fingerprint density at radius 2 is 1.93 bits per heavy atom. The van der Waals surface area contributed by atoms with Crippen molar-refractivity contribution in [3.8, 4) is 5.75 Å². The Kier molecular flexibility index (Phi) is 3.71. The number of nitrogens with two attached hydrogens (primary N) is 1. The molecule has 0 saturated carbocycles. The molecule has 0 saturated heterocycles. The van der Waals surface area contributed by atoms with Crippen LogP contribution in [0.15, 0.2) is 24.3 Å². The van der Waals surface area contributed by atoms with E-state index in [9.17, 15) is 8.42 Å². The summed E-state index contributed by atoms with van der Waals surface area (Å²) in [5, 5.41) is 4.98. The van der Waals surface area contributed by atoms with Crippen molar-refractivity contribution in [3.05, 3.63) is 29.8 Å². The summed E-state index contributed by atoms with van der Waals surface area (Å²) in [6.45, 7) is 3.77. The highest BCUT2D eigenvalue weighted by Gasteiger charge is 2.10. The van der Waals surface area contributed by atoms with Crippen LogP contribution in [0.1, 0.15) is 19.4 Å². The van der Waals surface area contributed by atoms with E-state index in [1.807, 2.05) is 13.8 Å². The summed E-state index contributed by atoms with van der Waals surface area (Å²) < 4.78 is 27.4. The zero-order valence-electron chi connectivity index (χ0n) is 8.80. The summed E-state index contributed by atoms with van der Waals surface area (Å²) in [7, 11) is -3.52. The highest BCUT2D eigenvalue weighted by Crippen LogP contribution is 2.20. The molecule has 0 aliphatic rings. The number of rotatable bonds is 4. The fraction of sp³-hybridized carbons (Fsp3) is 0.400. The first-order valence-electron chi connectivity index (χ1n) is 4.63. The van der Waals surface area contributed by atoms with Crippen LogP contribution in [0.3, 0.4) is 0 Å². The predicted molar refractivity (Wildman–Crippen MR) is 59.0 cm³/mol. The molecular formula is C10H15NO3S. The molecule has 0 heterocycles. The summed E-state index contributed by atoms with van der Waals surface area (Å²) >= 11 is 0. The molecule has 5 heteroatoms. The van der Waals surface area contributed by atoms with Crippen LogP contribution < -0.4 is 9.88 Å². The van der Waals surface area contributed by atoms with E-state index in [1.165, 1.54) is 0 Å². The van der Waals surface area contributed by atoms with Gasteiger partial charge in [0.15, 0.2) is 0 Å². The van der Waals surface area contributed by atoms with Crippen molar-refractivity contribution in [3.63, 3.8) is 0 Å². The van der Waals surface area contributed by atoms with Gasteiger partial charge in [0.05, 0.1) is 11.9 Å². The highest BCUT2D eigenvalue weighted by atomic mass is 32.2. The number of hydrogen-bond donors (Lipinski definition) is 1. The summed E-state index contributed by atoms with van der Waals surface area (Å²) in [4.78, 5) is 0. The van der Waals surface area contributed by atoms with Crippen molar-refractivity contribution in [1.29, 1.82) is 0 Å². The maximum absolute atomic E-state index is 11.0. The average Bonchev–Trinajstić information content (AvgIpc) is 2.05. The minimum atomic E-state index is -3.52. The summed E-state index contributed by atoms with van der Waals surface area (Å²) in [5.74, 6) is 0.372. The molecule has 0 amide bonds. The van der Waals surface area contributed by atoms with Gasteiger partial charge in [0.2, 0.25) is 10.0 Å². The van der Waals surface area contributed by atoms with E-state index in [1.54, 1.807) is 24.3 Å². The van der Waals surface area contributed by atoms with E-state index < -0.39 is 10.0 Å². The van der Waals surface area contributed by atoms with Gasteiger partial charge < -0.3 is 4.74 Å². The molecule has 15 heavy (non-hydrogen) atoms. The monoisotopic (exact) mass is 229 g/mol. The zero-order valence-corrected chi connectivity index (χ0v) is 9.62. The first-order chi connectivity index (χ1) is 6.88. The van der Waals surface area contributed by atoms with E-state index in [4.69, 9.17) is 9.88 Å². The molecule has 0 radical (unpaired) electrons. The molecule has 1 rings (SSSR count). The van der Waals surface area contributed by atoms with Crippen LogP contribution in [-0.2, 0) is 15.8 Å². The van der Waals surface area contributed by atoms with Gasteiger partial charge in [-0.2, -0.15) is 0 Å². The number of sulfonamides is 1. The molecular weight excluding hydrogens is 214 g/mol.